The quantitative estimate of drug-likeness (QED) is 0.814. The van der Waals surface area contributed by atoms with Crippen LogP contribution in [0, 0.1) is 11.3 Å². The lowest BCUT2D eigenvalue weighted by molar-refractivity contribution is 0.0865. The van der Waals surface area contributed by atoms with Gasteiger partial charge in [-0.05, 0) is 51.0 Å². The lowest BCUT2D eigenvalue weighted by atomic mass is 10.0. The van der Waals surface area contributed by atoms with E-state index in [4.69, 9.17) is 5.26 Å². The molecule has 112 valence electrons. The van der Waals surface area contributed by atoms with Crippen LogP contribution in [-0.2, 0) is 0 Å². The Bertz CT molecular complexity index is 498. The number of ketones is 1. The molecule has 1 saturated heterocycles. The number of nitrogens with one attached hydrogen (secondary N) is 1. The van der Waals surface area contributed by atoms with Crippen LogP contribution in [0.25, 0.3) is 0 Å². The molecule has 0 amide bonds. The van der Waals surface area contributed by atoms with E-state index in [2.05, 4.69) is 23.2 Å². The summed E-state index contributed by atoms with van der Waals surface area (Å²) in [6.07, 6.45) is 3.28. The Morgan fingerprint density at radius 2 is 2.00 bits per heavy atom. The molecule has 1 N–H and O–H groups in total. The predicted octanol–water partition coefficient (Wildman–Crippen LogP) is 2.20. The largest absolute Gasteiger partial charge is 0.317 e. The van der Waals surface area contributed by atoms with Crippen molar-refractivity contribution in [1.82, 2.24) is 10.2 Å². The minimum Gasteiger partial charge on any atom is -0.317 e. The summed E-state index contributed by atoms with van der Waals surface area (Å²) < 4.78 is 0. The summed E-state index contributed by atoms with van der Waals surface area (Å²) in [5.41, 5.74) is 1.29. The molecule has 1 fully saturated rings. The van der Waals surface area contributed by atoms with Crippen LogP contribution >= 0.6 is 0 Å². The van der Waals surface area contributed by atoms with E-state index in [1.165, 1.54) is 0 Å². The summed E-state index contributed by atoms with van der Waals surface area (Å²) in [6, 6.07) is 9.52. The Kier molecular flexibility index (Phi) is 5.91. The minimum atomic E-state index is 0.145. The molecule has 0 aliphatic carbocycles. The molecule has 0 spiro atoms. The van der Waals surface area contributed by atoms with Crippen molar-refractivity contribution in [2.45, 2.75) is 32.2 Å². The van der Waals surface area contributed by atoms with Gasteiger partial charge in [0.1, 0.15) is 0 Å². The van der Waals surface area contributed by atoms with Crippen LogP contribution in [0.1, 0.15) is 42.1 Å². The highest BCUT2D eigenvalue weighted by Crippen LogP contribution is 2.14. The normalized spacial score (nSPS) is 15.9. The summed E-state index contributed by atoms with van der Waals surface area (Å²) >= 11 is 0. The topological polar surface area (TPSA) is 56.1 Å². The second kappa shape index (κ2) is 7.92. The maximum absolute atomic E-state index is 12.4. The van der Waals surface area contributed by atoms with Gasteiger partial charge in [0.05, 0.1) is 18.2 Å². The van der Waals surface area contributed by atoms with Gasteiger partial charge in [-0.1, -0.05) is 19.1 Å². The Balaban J connectivity index is 2.01. The smallest absolute Gasteiger partial charge is 0.176 e. The molecular weight excluding hydrogens is 262 g/mol. The lowest BCUT2D eigenvalue weighted by Crippen LogP contribution is -2.45. The number of rotatable bonds is 6. The Hall–Kier alpha value is -1.70. The zero-order valence-electron chi connectivity index (χ0n) is 12.6. The first-order valence-corrected chi connectivity index (χ1v) is 7.72. The minimum absolute atomic E-state index is 0.145. The van der Waals surface area contributed by atoms with Gasteiger partial charge in [0.15, 0.2) is 5.78 Å². The number of hydrogen-bond acceptors (Lipinski definition) is 4. The Labute approximate surface area is 126 Å². The van der Waals surface area contributed by atoms with E-state index < -0.39 is 0 Å². The number of nitrogens with zero attached hydrogens (tertiary/aromatic N) is 2. The third-order valence-corrected chi connectivity index (χ3v) is 4.02. The molecule has 1 aliphatic heterocycles. The zero-order chi connectivity index (χ0) is 15.1. The molecule has 1 aliphatic rings. The average Bonchev–Trinajstić information content (AvgIpc) is 2.55. The van der Waals surface area contributed by atoms with E-state index in [0.717, 1.165) is 38.9 Å². The van der Waals surface area contributed by atoms with Crippen molar-refractivity contribution in [2.75, 3.05) is 26.2 Å². The molecule has 2 rings (SSSR count). The van der Waals surface area contributed by atoms with Crippen LogP contribution in [-0.4, -0.2) is 42.9 Å². The van der Waals surface area contributed by atoms with Gasteiger partial charge in [-0.15, -0.1) is 0 Å². The van der Waals surface area contributed by atoms with E-state index in [1.54, 1.807) is 24.3 Å². The average molecular weight is 285 g/mol. The highest BCUT2D eigenvalue weighted by Gasteiger charge is 2.22. The molecule has 0 unspecified atom stereocenters. The number of nitriles is 1. The maximum Gasteiger partial charge on any atom is 0.176 e. The van der Waals surface area contributed by atoms with E-state index in [9.17, 15) is 4.79 Å². The van der Waals surface area contributed by atoms with Gasteiger partial charge < -0.3 is 5.32 Å². The first-order chi connectivity index (χ1) is 10.2. The highest BCUT2D eigenvalue weighted by atomic mass is 16.1. The highest BCUT2D eigenvalue weighted by molar-refractivity contribution is 5.97. The van der Waals surface area contributed by atoms with Crippen molar-refractivity contribution in [3.05, 3.63) is 35.4 Å². The van der Waals surface area contributed by atoms with Gasteiger partial charge in [0.25, 0.3) is 0 Å². The SMILES string of the molecule is CCCN(CC(=O)c1ccc(C#N)cc1)C1CCNCC1. The van der Waals surface area contributed by atoms with Gasteiger partial charge in [-0.2, -0.15) is 5.26 Å². The molecule has 0 saturated carbocycles. The summed E-state index contributed by atoms with van der Waals surface area (Å²) in [7, 11) is 0. The van der Waals surface area contributed by atoms with Crippen LogP contribution in [0.2, 0.25) is 0 Å². The second-order valence-corrected chi connectivity index (χ2v) is 5.56. The van der Waals surface area contributed by atoms with Gasteiger partial charge >= 0.3 is 0 Å². The molecular formula is C17H23N3O. The molecule has 1 aromatic rings. The molecule has 0 radical (unpaired) electrons. The Morgan fingerprint density at radius 1 is 1.33 bits per heavy atom. The van der Waals surface area contributed by atoms with Gasteiger partial charge in [0.2, 0.25) is 0 Å². The number of carbonyl (C=O) groups is 1. The third kappa shape index (κ3) is 4.38. The summed E-state index contributed by atoms with van der Waals surface area (Å²) in [4.78, 5) is 14.8. The predicted molar refractivity (Wildman–Crippen MR) is 83.2 cm³/mol. The fourth-order valence-electron chi connectivity index (χ4n) is 2.86. The molecule has 21 heavy (non-hydrogen) atoms. The van der Waals surface area contributed by atoms with Crippen molar-refractivity contribution in [1.29, 1.82) is 5.26 Å². The van der Waals surface area contributed by atoms with Crippen molar-refractivity contribution in [3.63, 3.8) is 0 Å². The molecule has 4 nitrogen and oxygen atoms in total. The number of carbonyl (C=O) groups excluding carboxylic acids is 1. The number of hydrogen-bond donors (Lipinski definition) is 1. The molecule has 1 heterocycles. The van der Waals surface area contributed by atoms with Gasteiger partial charge in [-0.25, -0.2) is 0 Å². The van der Waals surface area contributed by atoms with Crippen LogP contribution < -0.4 is 5.32 Å². The van der Waals surface area contributed by atoms with Gasteiger partial charge in [-0.3, -0.25) is 9.69 Å². The van der Waals surface area contributed by atoms with Crippen LogP contribution in [0.3, 0.4) is 0 Å². The number of piperidine rings is 1. The van der Waals surface area contributed by atoms with Crippen molar-refractivity contribution < 1.29 is 4.79 Å². The second-order valence-electron chi connectivity index (χ2n) is 5.56. The van der Waals surface area contributed by atoms with Crippen LogP contribution in [0.5, 0.6) is 0 Å². The summed E-state index contributed by atoms with van der Waals surface area (Å²) in [5, 5.41) is 12.2. The Morgan fingerprint density at radius 3 is 2.57 bits per heavy atom. The zero-order valence-corrected chi connectivity index (χ0v) is 12.6. The van der Waals surface area contributed by atoms with E-state index in [0.29, 0.717) is 23.7 Å². The molecule has 1 aromatic carbocycles. The van der Waals surface area contributed by atoms with E-state index in [1.807, 2.05) is 0 Å². The van der Waals surface area contributed by atoms with Crippen molar-refractivity contribution in [3.8, 4) is 6.07 Å². The number of Topliss-reactive ketones (excluding diaryl/α,β-unsaturated/α-hetero) is 1. The summed E-state index contributed by atoms with van der Waals surface area (Å²) in [6.45, 7) is 5.67. The van der Waals surface area contributed by atoms with E-state index in [-0.39, 0.29) is 5.78 Å². The molecule has 0 atom stereocenters. The maximum atomic E-state index is 12.4. The number of benzene rings is 1. The fourth-order valence-corrected chi connectivity index (χ4v) is 2.86. The van der Waals surface area contributed by atoms with Crippen molar-refractivity contribution >= 4 is 5.78 Å². The first kappa shape index (κ1) is 15.7. The van der Waals surface area contributed by atoms with Gasteiger partial charge in [0, 0.05) is 11.6 Å². The molecule has 0 bridgehead atoms. The van der Waals surface area contributed by atoms with Crippen molar-refractivity contribution in [2.24, 2.45) is 0 Å². The molecule has 4 heteroatoms. The monoisotopic (exact) mass is 285 g/mol. The standard InChI is InChI=1S/C17H23N3O/c1-2-11-20(16-7-9-19-10-8-16)13-17(21)15-5-3-14(12-18)4-6-15/h3-6,16,19H,2,7-11,13H2,1H3. The van der Waals surface area contributed by atoms with Crippen LogP contribution in [0.4, 0.5) is 0 Å². The first-order valence-electron chi connectivity index (χ1n) is 7.72. The van der Waals surface area contributed by atoms with E-state index >= 15 is 0 Å². The molecule has 0 aromatic heterocycles. The lowest BCUT2D eigenvalue weighted by Gasteiger charge is -2.34. The fraction of sp³-hybridized carbons (Fsp3) is 0.529. The van der Waals surface area contributed by atoms with Crippen LogP contribution in [0.15, 0.2) is 24.3 Å². The summed E-state index contributed by atoms with van der Waals surface area (Å²) in [5.74, 6) is 0.145. The third-order valence-electron chi connectivity index (χ3n) is 4.02.